The zero-order valence-corrected chi connectivity index (χ0v) is 16.2. The maximum absolute atomic E-state index is 13.0. The molecule has 0 atom stereocenters. The Kier molecular flexibility index (Phi) is 4.43. The van der Waals surface area contributed by atoms with Gasteiger partial charge in [0.05, 0.1) is 30.9 Å². The molecule has 28 heavy (non-hydrogen) atoms. The van der Waals surface area contributed by atoms with Gasteiger partial charge in [0.1, 0.15) is 10.6 Å². The van der Waals surface area contributed by atoms with Gasteiger partial charge in [0.15, 0.2) is 15.5 Å². The minimum atomic E-state index is -3.72. The molecule has 0 saturated heterocycles. The van der Waals surface area contributed by atoms with Crippen molar-refractivity contribution in [3.8, 4) is 22.7 Å². The van der Waals surface area contributed by atoms with Gasteiger partial charge in [-0.25, -0.2) is 17.9 Å². The maximum Gasteiger partial charge on any atom is 0.359 e. The van der Waals surface area contributed by atoms with Crippen LogP contribution in [0.4, 0.5) is 0 Å². The summed E-state index contributed by atoms with van der Waals surface area (Å²) in [6.45, 7) is 1.86. The summed E-state index contributed by atoms with van der Waals surface area (Å²) in [5.41, 5.74) is 2.06. The van der Waals surface area contributed by atoms with Crippen LogP contribution in [0.3, 0.4) is 0 Å². The number of para-hydroxylation sites is 1. The molecule has 2 aromatic carbocycles. The first-order valence-corrected chi connectivity index (χ1v) is 10.4. The molecular weight excluding hydrogens is 380 g/mol. The van der Waals surface area contributed by atoms with E-state index in [0.29, 0.717) is 22.5 Å². The van der Waals surface area contributed by atoms with Gasteiger partial charge in [-0.2, -0.15) is 5.10 Å². The molecule has 1 aliphatic rings. The third-order valence-corrected chi connectivity index (χ3v) is 6.26. The second-order valence-corrected chi connectivity index (χ2v) is 8.17. The van der Waals surface area contributed by atoms with Gasteiger partial charge in [0, 0.05) is 11.1 Å². The number of carbonyl (C=O) groups excluding carboxylic acids is 1. The predicted octanol–water partition coefficient (Wildman–Crippen LogP) is 3.01. The van der Waals surface area contributed by atoms with Crippen molar-refractivity contribution in [2.24, 2.45) is 0 Å². The van der Waals surface area contributed by atoms with Crippen molar-refractivity contribution in [3.63, 3.8) is 0 Å². The van der Waals surface area contributed by atoms with Crippen LogP contribution in [0.2, 0.25) is 0 Å². The van der Waals surface area contributed by atoms with Crippen LogP contribution in [0.25, 0.3) is 16.9 Å². The molecule has 0 fully saturated rings. The first-order valence-electron chi connectivity index (χ1n) is 8.72. The van der Waals surface area contributed by atoms with E-state index < -0.39 is 15.8 Å². The molecule has 0 radical (unpaired) electrons. The number of benzene rings is 2. The third kappa shape index (κ3) is 2.77. The van der Waals surface area contributed by atoms with Crippen molar-refractivity contribution in [1.82, 2.24) is 9.78 Å². The Morgan fingerprint density at radius 3 is 2.57 bits per heavy atom. The van der Waals surface area contributed by atoms with Crippen LogP contribution in [0.1, 0.15) is 23.0 Å². The van der Waals surface area contributed by atoms with E-state index in [0.717, 1.165) is 0 Å². The number of carbonyl (C=O) groups is 1. The van der Waals surface area contributed by atoms with Crippen molar-refractivity contribution < 1.29 is 22.7 Å². The lowest BCUT2D eigenvalue weighted by Crippen LogP contribution is -2.17. The number of hydrogen-bond donors (Lipinski definition) is 0. The van der Waals surface area contributed by atoms with Gasteiger partial charge in [-0.05, 0) is 25.1 Å². The molecule has 0 aliphatic carbocycles. The number of methoxy groups -OCH3 is 1. The molecule has 0 N–H and O–H groups in total. The molecule has 3 aromatic rings. The summed E-state index contributed by atoms with van der Waals surface area (Å²) in [5.74, 6) is -0.729. The zero-order chi connectivity index (χ0) is 19.9. The minimum absolute atomic E-state index is 0.0118. The zero-order valence-electron chi connectivity index (χ0n) is 15.4. The highest BCUT2D eigenvalue weighted by Crippen LogP contribution is 2.44. The lowest BCUT2D eigenvalue weighted by atomic mass is 10.0. The molecule has 144 valence electrons. The van der Waals surface area contributed by atoms with E-state index in [1.807, 2.05) is 30.3 Å². The molecule has 1 aliphatic heterocycles. The van der Waals surface area contributed by atoms with Crippen molar-refractivity contribution in [2.45, 2.75) is 17.6 Å². The number of sulfone groups is 1. The standard InChI is InChI=1S/C20H18N2O5S/c1-3-27-20(23)17-15-12-28(24,25)19-14(10-7-11-16(19)26-2)18(15)22(21-17)13-8-5-4-6-9-13/h4-11H,3,12H2,1-2H3. The van der Waals surface area contributed by atoms with E-state index in [-0.39, 0.29) is 28.7 Å². The fourth-order valence-corrected chi connectivity index (χ4v) is 5.18. The first kappa shape index (κ1) is 18.2. The van der Waals surface area contributed by atoms with E-state index in [4.69, 9.17) is 9.47 Å². The molecule has 0 unspecified atom stereocenters. The van der Waals surface area contributed by atoms with Gasteiger partial charge >= 0.3 is 5.97 Å². The number of rotatable bonds is 4. The van der Waals surface area contributed by atoms with Crippen LogP contribution in [-0.4, -0.2) is 37.9 Å². The topological polar surface area (TPSA) is 87.5 Å². The number of aromatic nitrogens is 2. The van der Waals surface area contributed by atoms with Crippen LogP contribution in [0.15, 0.2) is 53.4 Å². The van der Waals surface area contributed by atoms with Gasteiger partial charge in [-0.15, -0.1) is 0 Å². The highest BCUT2D eigenvalue weighted by Gasteiger charge is 2.38. The maximum atomic E-state index is 13.0. The molecule has 7 nitrogen and oxygen atoms in total. The molecule has 0 saturated carbocycles. The van der Waals surface area contributed by atoms with E-state index in [1.54, 1.807) is 29.8 Å². The largest absolute Gasteiger partial charge is 0.495 e. The molecule has 0 amide bonds. The van der Waals surface area contributed by atoms with Crippen LogP contribution < -0.4 is 4.74 Å². The molecular formula is C20H18N2O5S. The second-order valence-electron chi connectivity index (χ2n) is 6.24. The van der Waals surface area contributed by atoms with Crippen LogP contribution >= 0.6 is 0 Å². The number of nitrogens with zero attached hydrogens (tertiary/aromatic N) is 2. The third-order valence-electron chi connectivity index (χ3n) is 4.55. The van der Waals surface area contributed by atoms with Crippen LogP contribution in [0.5, 0.6) is 5.75 Å². The molecule has 4 rings (SSSR count). The summed E-state index contributed by atoms with van der Waals surface area (Å²) < 4.78 is 38.1. The van der Waals surface area contributed by atoms with Crippen LogP contribution in [0, 0.1) is 0 Å². The monoisotopic (exact) mass is 398 g/mol. The van der Waals surface area contributed by atoms with Crippen LogP contribution in [-0.2, 0) is 20.3 Å². The second kappa shape index (κ2) is 6.79. The van der Waals surface area contributed by atoms with Crippen molar-refractivity contribution >= 4 is 15.8 Å². The Morgan fingerprint density at radius 1 is 1.14 bits per heavy atom. The van der Waals surface area contributed by atoms with Gasteiger partial charge in [-0.1, -0.05) is 30.3 Å². The average Bonchev–Trinajstić information content (AvgIpc) is 3.07. The van der Waals surface area contributed by atoms with Gasteiger partial charge in [-0.3, -0.25) is 0 Å². The molecule has 8 heteroatoms. The highest BCUT2D eigenvalue weighted by atomic mass is 32.2. The van der Waals surface area contributed by atoms with Crippen molar-refractivity contribution in [2.75, 3.05) is 13.7 Å². The molecule has 2 heterocycles. The fraction of sp³-hybridized carbons (Fsp3) is 0.200. The van der Waals surface area contributed by atoms with E-state index in [2.05, 4.69) is 5.10 Å². The molecule has 1 aromatic heterocycles. The van der Waals surface area contributed by atoms with Crippen molar-refractivity contribution in [3.05, 3.63) is 59.8 Å². The molecule has 0 spiro atoms. The number of ether oxygens (including phenoxy) is 2. The number of fused-ring (bicyclic) bond motifs is 3. The quantitative estimate of drug-likeness (QED) is 0.628. The summed E-state index contributed by atoms with van der Waals surface area (Å²) >= 11 is 0. The summed E-state index contributed by atoms with van der Waals surface area (Å²) in [7, 11) is -2.29. The predicted molar refractivity (Wildman–Crippen MR) is 102 cm³/mol. The van der Waals surface area contributed by atoms with Gasteiger partial charge < -0.3 is 9.47 Å². The average molecular weight is 398 g/mol. The summed E-state index contributed by atoms with van der Waals surface area (Å²) in [6.07, 6.45) is 0. The normalized spacial score (nSPS) is 14.1. The number of esters is 1. The number of hydrogen-bond acceptors (Lipinski definition) is 6. The fourth-order valence-electron chi connectivity index (χ4n) is 3.43. The van der Waals surface area contributed by atoms with E-state index in [1.165, 1.54) is 7.11 Å². The van der Waals surface area contributed by atoms with Crippen molar-refractivity contribution in [1.29, 1.82) is 0 Å². The minimum Gasteiger partial charge on any atom is -0.495 e. The van der Waals surface area contributed by atoms with Gasteiger partial charge in [0.25, 0.3) is 0 Å². The lowest BCUT2D eigenvalue weighted by molar-refractivity contribution is 0.0518. The smallest absolute Gasteiger partial charge is 0.359 e. The molecule has 0 bridgehead atoms. The summed E-state index contributed by atoms with van der Waals surface area (Å²) in [4.78, 5) is 12.6. The highest BCUT2D eigenvalue weighted by molar-refractivity contribution is 7.91. The summed E-state index contributed by atoms with van der Waals surface area (Å²) in [5, 5.41) is 4.44. The van der Waals surface area contributed by atoms with Gasteiger partial charge in [0.2, 0.25) is 0 Å². The Morgan fingerprint density at radius 2 is 1.89 bits per heavy atom. The lowest BCUT2D eigenvalue weighted by Gasteiger charge is -2.21. The van der Waals surface area contributed by atoms with E-state index in [9.17, 15) is 13.2 Å². The first-order chi connectivity index (χ1) is 13.5. The summed E-state index contributed by atoms with van der Waals surface area (Å²) in [6, 6.07) is 14.3. The SMILES string of the molecule is CCOC(=O)c1nn(-c2ccccc2)c2c1CS(=O)(=O)c1c(OC)cccc1-2. The van der Waals surface area contributed by atoms with E-state index >= 15 is 0 Å². The Bertz CT molecular complexity index is 1170. The Hall–Kier alpha value is -3.13. The Labute approximate surface area is 162 Å². The Balaban J connectivity index is 2.08.